The van der Waals surface area contributed by atoms with Crippen LogP contribution in [-0.4, -0.2) is 46.5 Å². The highest BCUT2D eigenvalue weighted by Gasteiger charge is 2.34. The summed E-state index contributed by atoms with van der Waals surface area (Å²) >= 11 is 12.4. The van der Waals surface area contributed by atoms with Gasteiger partial charge in [0.2, 0.25) is 5.91 Å². The van der Waals surface area contributed by atoms with Crippen LogP contribution in [0.4, 0.5) is 4.79 Å². The van der Waals surface area contributed by atoms with Crippen molar-refractivity contribution in [2.24, 2.45) is 5.92 Å². The van der Waals surface area contributed by atoms with Crippen LogP contribution in [0.1, 0.15) is 53.0 Å². The number of hydrogen-bond donors (Lipinski definition) is 0. The van der Waals surface area contributed by atoms with Gasteiger partial charge in [0.05, 0.1) is 5.92 Å². The van der Waals surface area contributed by atoms with Crippen molar-refractivity contribution in [2.75, 3.05) is 13.1 Å². The van der Waals surface area contributed by atoms with E-state index >= 15 is 0 Å². The van der Waals surface area contributed by atoms with Crippen molar-refractivity contribution < 1.29 is 14.3 Å². The molecule has 2 rings (SSSR count). The predicted molar refractivity (Wildman–Crippen MR) is 113 cm³/mol. The molecule has 0 spiro atoms. The Morgan fingerprint density at radius 1 is 1.29 bits per heavy atom. The Hall–Kier alpha value is -1.46. The normalized spacial score (nSPS) is 17.6. The number of ether oxygens (including phenoxy) is 1. The van der Waals surface area contributed by atoms with Crippen molar-refractivity contribution >= 4 is 35.2 Å². The van der Waals surface area contributed by atoms with Gasteiger partial charge < -0.3 is 14.5 Å². The Morgan fingerprint density at radius 3 is 2.57 bits per heavy atom. The topological polar surface area (TPSA) is 49.9 Å². The number of nitrogens with zero attached hydrogens (tertiary/aromatic N) is 2. The summed E-state index contributed by atoms with van der Waals surface area (Å²) in [7, 11) is 0. The van der Waals surface area contributed by atoms with E-state index in [0.717, 1.165) is 18.4 Å². The van der Waals surface area contributed by atoms with Crippen molar-refractivity contribution in [2.45, 2.75) is 65.6 Å². The summed E-state index contributed by atoms with van der Waals surface area (Å²) in [6, 6.07) is 5.27. The Balaban J connectivity index is 2.11. The SMILES string of the molecule is CC(C)N(Cc1cc(Cl)ccc1Cl)C(=O)[C@@H]1CCCN(C(=O)OC(C)(C)C)C1. The molecule has 2 amide bonds. The molecular formula is C21H30Cl2N2O3. The number of carbonyl (C=O) groups excluding carboxylic acids is 2. The molecule has 1 fully saturated rings. The molecule has 1 atom stereocenters. The molecule has 0 saturated carbocycles. The highest BCUT2D eigenvalue weighted by atomic mass is 35.5. The van der Waals surface area contributed by atoms with Crippen molar-refractivity contribution in [1.29, 1.82) is 0 Å². The highest BCUT2D eigenvalue weighted by Crippen LogP contribution is 2.26. The average Bonchev–Trinajstić information content (AvgIpc) is 2.60. The number of amides is 2. The zero-order valence-corrected chi connectivity index (χ0v) is 18.8. The molecule has 1 aromatic rings. The molecule has 5 nitrogen and oxygen atoms in total. The lowest BCUT2D eigenvalue weighted by molar-refractivity contribution is -0.139. The van der Waals surface area contributed by atoms with Crippen LogP contribution in [0.5, 0.6) is 0 Å². The van der Waals surface area contributed by atoms with Gasteiger partial charge in [0.15, 0.2) is 0 Å². The van der Waals surface area contributed by atoms with Crippen molar-refractivity contribution in [3.8, 4) is 0 Å². The molecule has 0 bridgehead atoms. The molecule has 1 aliphatic heterocycles. The molecule has 0 radical (unpaired) electrons. The Kier molecular flexibility index (Phi) is 7.63. The summed E-state index contributed by atoms with van der Waals surface area (Å²) in [5.74, 6) is -0.221. The van der Waals surface area contributed by atoms with Gasteiger partial charge in [-0.25, -0.2) is 4.79 Å². The maximum absolute atomic E-state index is 13.3. The van der Waals surface area contributed by atoms with Crippen LogP contribution in [-0.2, 0) is 16.1 Å². The number of halogens is 2. The third kappa shape index (κ3) is 6.28. The first-order valence-electron chi connectivity index (χ1n) is 9.70. The highest BCUT2D eigenvalue weighted by molar-refractivity contribution is 6.33. The van der Waals surface area contributed by atoms with Gasteiger partial charge in [0.25, 0.3) is 0 Å². The maximum atomic E-state index is 13.3. The van der Waals surface area contributed by atoms with Crippen molar-refractivity contribution in [3.05, 3.63) is 33.8 Å². The van der Waals surface area contributed by atoms with E-state index in [9.17, 15) is 9.59 Å². The maximum Gasteiger partial charge on any atom is 0.410 e. The van der Waals surface area contributed by atoms with E-state index in [2.05, 4.69) is 0 Å². The summed E-state index contributed by atoms with van der Waals surface area (Å²) in [6.07, 6.45) is 1.17. The van der Waals surface area contributed by atoms with E-state index in [4.69, 9.17) is 27.9 Å². The summed E-state index contributed by atoms with van der Waals surface area (Å²) in [5.41, 5.74) is 0.262. The summed E-state index contributed by atoms with van der Waals surface area (Å²) in [4.78, 5) is 29.1. The van der Waals surface area contributed by atoms with Gasteiger partial charge in [-0.05, 0) is 71.2 Å². The van der Waals surface area contributed by atoms with E-state index in [0.29, 0.717) is 29.7 Å². The molecule has 156 valence electrons. The molecule has 7 heteroatoms. The largest absolute Gasteiger partial charge is 0.444 e. The van der Waals surface area contributed by atoms with Crippen molar-refractivity contribution in [3.63, 3.8) is 0 Å². The second-order valence-electron chi connectivity index (χ2n) is 8.56. The zero-order valence-electron chi connectivity index (χ0n) is 17.3. The van der Waals surface area contributed by atoms with E-state index in [-0.39, 0.29) is 24.0 Å². The van der Waals surface area contributed by atoms with Crippen LogP contribution < -0.4 is 0 Å². The number of rotatable bonds is 4. The minimum Gasteiger partial charge on any atom is -0.444 e. The fourth-order valence-electron chi connectivity index (χ4n) is 3.27. The third-order valence-electron chi connectivity index (χ3n) is 4.68. The summed E-state index contributed by atoms with van der Waals surface area (Å²) < 4.78 is 5.47. The molecule has 0 aliphatic carbocycles. The van der Waals surface area contributed by atoms with Gasteiger partial charge in [-0.3, -0.25) is 4.79 Å². The van der Waals surface area contributed by atoms with Gasteiger partial charge >= 0.3 is 6.09 Å². The molecule has 1 saturated heterocycles. The minimum atomic E-state index is -0.554. The monoisotopic (exact) mass is 428 g/mol. The van der Waals surface area contributed by atoms with Gasteiger partial charge in [0, 0.05) is 35.7 Å². The minimum absolute atomic E-state index is 0.000508. The van der Waals surface area contributed by atoms with Crippen LogP contribution in [0, 0.1) is 5.92 Å². The number of carbonyl (C=O) groups is 2. The van der Waals surface area contributed by atoms with Gasteiger partial charge in [0.1, 0.15) is 5.60 Å². The molecular weight excluding hydrogens is 399 g/mol. The lowest BCUT2D eigenvalue weighted by Gasteiger charge is -2.37. The smallest absolute Gasteiger partial charge is 0.410 e. The Bertz CT molecular complexity index is 716. The lowest BCUT2D eigenvalue weighted by atomic mass is 9.96. The standard InChI is InChI=1S/C21H30Cl2N2O3/c1-14(2)25(13-16-11-17(22)8-9-18(16)23)19(26)15-7-6-10-24(12-15)20(27)28-21(3,4)5/h8-9,11,14-15H,6-7,10,12-13H2,1-5H3/t15-/m1/s1. The molecule has 28 heavy (non-hydrogen) atoms. The Labute approximate surface area is 177 Å². The van der Waals surface area contributed by atoms with Crippen LogP contribution in [0.25, 0.3) is 0 Å². The molecule has 1 aliphatic rings. The van der Waals surface area contributed by atoms with E-state index in [1.807, 2.05) is 34.6 Å². The number of hydrogen-bond acceptors (Lipinski definition) is 3. The first-order chi connectivity index (χ1) is 13.0. The predicted octanol–water partition coefficient (Wildman–Crippen LogP) is 5.38. The van der Waals surface area contributed by atoms with E-state index in [1.54, 1.807) is 28.0 Å². The number of benzene rings is 1. The van der Waals surface area contributed by atoms with Crippen LogP contribution in [0.3, 0.4) is 0 Å². The van der Waals surface area contributed by atoms with Crippen LogP contribution in [0.15, 0.2) is 18.2 Å². The van der Waals surface area contributed by atoms with Gasteiger partial charge in [-0.2, -0.15) is 0 Å². The second kappa shape index (κ2) is 9.36. The Morgan fingerprint density at radius 2 is 1.96 bits per heavy atom. The fourth-order valence-corrected chi connectivity index (χ4v) is 3.64. The first kappa shape index (κ1) is 22.8. The second-order valence-corrected chi connectivity index (χ2v) is 9.40. The summed E-state index contributed by atoms with van der Waals surface area (Å²) in [5, 5.41) is 1.17. The molecule has 0 aromatic heterocycles. The number of piperidine rings is 1. The quantitative estimate of drug-likeness (QED) is 0.646. The van der Waals surface area contributed by atoms with Crippen molar-refractivity contribution in [1.82, 2.24) is 9.80 Å². The lowest BCUT2D eigenvalue weighted by Crippen LogP contribution is -2.49. The third-order valence-corrected chi connectivity index (χ3v) is 5.28. The zero-order chi connectivity index (χ0) is 21.1. The number of likely N-dealkylation sites (tertiary alicyclic amines) is 1. The van der Waals surface area contributed by atoms with Crippen LogP contribution in [0.2, 0.25) is 10.0 Å². The molecule has 1 aromatic carbocycles. The molecule has 1 heterocycles. The summed E-state index contributed by atoms with van der Waals surface area (Å²) in [6.45, 7) is 10.8. The molecule has 0 unspecified atom stereocenters. The average molecular weight is 429 g/mol. The first-order valence-corrected chi connectivity index (χ1v) is 10.5. The fraction of sp³-hybridized carbons (Fsp3) is 0.619. The van der Waals surface area contributed by atoms with Gasteiger partial charge in [-0.15, -0.1) is 0 Å². The van der Waals surface area contributed by atoms with Crippen LogP contribution >= 0.6 is 23.2 Å². The van der Waals surface area contributed by atoms with E-state index in [1.165, 1.54) is 0 Å². The van der Waals surface area contributed by atoms with E-state index < -0.39 is 5.60 Å². The van der Waals surface area contributed by atoms with Gasteiger partial charge in [-0.1, -0.05) is 23.2 Å². The molecule has 0 N–H and O–H groups in total.